The van der Waals surface area contributed by atoms with Crippen molar-refractivity contribution in [2.24, 2.45) is 0 Å². The quantitative estimate of drug-likeness (QED) is 0.420. The topological polar surface area (TPSA) is 44.1 Å². The summed E-state index contributed by atoms with van der Waals surface area (Å²) in [4.78, 5) is 18.4. The van der Waals surface area contributed by atoms with E-state index in [4.69, 9.17) is 4.74 Å². The van der Waals surface area contributed by atoms with E-state index in [1.165, 1.54) is 11.3 Å². The van der Waals surface area contributed by atoms with Crippen LogP contribution in [0.5, 0.6) is 5.75 Å². The summed E-state index contributed by atoms with van der Waals surface area (Å²) in [7, 11) is 0. The molecule has 0 N–H and O–H groups in total. The first-order valence-corrected chi connectivity index (χ1v) is 10.3. The SMILES string of the molecule is CCOc1ccc(-c2csc3ncn(Cc4cccc(Br)c4)c(=O)c23)cc1. The van der Waals surface area contributed by atoms with Crippen LogP contribution in [0, 0.1) is 0 Å². The molecule has 0 unspecified atom stereocenters. The molecule has 0 fully saturated rings. The lowest BCUT2D eigenvalue weighted by Gasteiger charge is -2.07. The fourth-order valence-electron chi connectivity index (χ4n) is 3.02. The van der Waals surface area contributed by atoms with E-state index in [9.17, 15) is 4.79 Å². The maximum absolute atomic E-state index is 13.1. The number of thiophene rings is 1. The van der Waals surface area contributed by atoms with Gasteiger partial charge < -0.3 is 4.74 Å². The van der Waals surface area contributed by atoms with Gasteiger partial charge in [0, 0.05) is 15.4 Å². The van der Waals surface area contributed by atoms with E-state index in [0.29, 0.717) is 18.5 Å². The van der Waals surface area contributed by atoms with Crippen LogP contribution in [0.4, 0.5) is 0 Å². The van der Waals surface area contributed by atoms with Gasteiger partial charge in [-0.1, -0.05) is 40.2 Å². The first kappa shape index (κ1) is 17.9. The van der Waals surface area contributed by atoms with Crippen molar-refractivity contribution in [3.63, 3.8) is 0 Å². The van der Waals surface area contributed by atoms with Gasteiger partial charge in [-0.2, -0.15) is 0 Å². The van der Waals surface area contributed by atoms with E-state index in [1.807, 2.05) is 60.8 Å². The van der Waals surface area contributed by atoms with E-state index in [-0.39, 0.29) is 5.56 Å². The normalized spacial score (nSPS) is 11.0. The number of nitrogens with zero attached hydrogens (tertiary/aromatic N) is 2. The van der Waals surface area contributed by atoms with E-state index in [1.54, 1.807) is 10.9 Å². The smallest absolute Gasteiger partial charge is 0.263 e. The van der Waals surface area contributed by atoms with Crippen LogP contribution in [0.1, 0.15) is 12.5 Å². The van der Waals surface area contributed by atoms with Crippen LogP contribution in [-0.2, 0) is 6.54 Å². The van der Waals surface area contributed by atoms with Crippen molar-refractivity contribution in [1.29, 1.82) is 0 Å². The highest BCUT2D eigenvalue weighted by atomic mass is 79.9. The van der Waals surface area contributed by atoms with Crippen LogP contribution >= 0.6 is 27.3 Å². The average molecular weight is 441 g/mol. The molecule has 4 aromatic rings. The van der Waals surface area contributed by atoms with Gasteiger partial charge in [-0.25, -0.2) is 4.98 Å². The number of hydrogen-bond donors (Lipinski definition) is 0. The Hall–Kier alpha value is -2.44. The first-order valence-electron chi connectivity index (χ1n) is 8.60. The molecular weight excluding hydrogens is 424 g/mol. The molecule has 2 heterocycles. The monoisotopic (exact) mass is 440 g/mol. The molecule has 2 aromatic carbocycles. The van der Waals surface area contributed by atoms with Gasteiger partial charge in [0.1, 0.15) is 10.6 Å². The van der Waals surface area contributed by atoms with E-state index < -0.39 is 0 Å². The second kappa shape index (κ2) is 7.66. The summed E-state index contributed by atoms with van der Waals surface area (Å²) >= 11 is 4.97. The fraction of sp³-hybridized carbons (Fsp3) is 0.143. The maximum Gasteiger partial charge on any atom is 0.263 e. The molecule has 136 valence electrons. The molecule has 0 spiro atoms. The van der Waals surface area contributed by atoms with Crippen molar-refractivity contribution in [1.82, 2.24) is 9.55 Å². The second-order valence-electron chi connectivity index (χ2n) is 6.09. The standard InChI is InChI=1S/C21H17BrN2O2S/c1-2-26-17-8-6-15(7-9-17)18-12-27-20-19(18)21(25)24(13-23-20)11-14-4-3-5-16(22)10-14/h3-10,12-13H,2,11H2,1H3. The zero-order valence-electron chi connectivity index (χ0n) is 14.7. The van der Waals surface area contributed by atoms with Gasteiger partial charge in [0.05, 0.1) is 24.9 Å². The average Bonchev–Trinajstić information content (AvgIpc) is 3.10. The second-order valence-corrected chi connectivity index (χ2v) is 7.87. The fourth-order valence-corrected chi connectivity index (χ4v) is 4.38. The number of halogens is 1. The van der Waals surface area contributed by atoms with Crippen LogP contribution in [0.15, 0.2) is 69.5 Å². The lowest BCUT2D eigenvalue weighted by atomic mass is 10.1. The van der Waals surface area contributed by atoms with Crippen molar-refractivity contribution in [2.45, 2.75) is 13.5 Å². The molecule has 0 saturated carbocycles. The van der Waals surface area contributed by atoms with Gasteiger partial charge in [-0.05, 0) is 42.3 Å². The summed E-state index contributed by atoms with van der Waals surface area (Å²) in [5.74, 6) is 0.825. The highest BCUT2D eigenvalue weighted by Gasteiger charge is 2.13. The van der Waals surface area contributed by atoms with Gasteiger partial charge >= 0.3 is 0 Å². The molecule has 27 heavy (non-hydrogen) atoms. The molecule has 0 saturated heterocycles. The minimum absolute atomic E-state index is 0.0230. The van der Waals surface area contributed by atoms with E-state index >= 15 is 0 Å². The Balaban J connectivity index is 1.76. The molecule has 0 radical (unpaired) electrons. The zero-order valence-corrected chi connectivity index (χ0v) is 17.1. The third kappa shape index (κ3) is 3.68. The maximum atomic E-state index is 13.1. The molecule has 0 aliphatic heterocycles. The van der Waals surface area contributed by atoms with E-state index in [2.05, 4.69) is 20.9 Å². The molecule has 2 aromatic heterocycles. The predicted octanol–water partition coefficient (Wildman–Crippen LogP) is 5.33. The highest BCUT2D eigenvalue weighted by molar-refractivity contribution is 9.10. The molecule has 0 bridgehead atoms. The van der Waals surface area contributed by atoms with Crippen LogP contribution in [-0.4, -0.2) is 16.2 Å². The van der Waals surface area contributed by atoms with Crippen LogP contribution in [0.2, 0.25) is 0 Å². The van der Waals surface area contributed by atoms with Crippen molar-refractivity contribution in [3.8, 4) is 16.9 Å². The first-order chi connectivity index (χ1) is 13.2. The number of rotatable bonds is 5. The molecule has 0 atom stereocenters. The lowest BCUT2D eigenvalue weighted by Crippen LogP contribution is -2.20. The number of fused-ring (bicyclic) bond motifs is 1. The third-order valence-corrected chi connectivity index (χ3v) is 5.66. The number of benzene rings is 2. The molecule has 6 heteroatoms. The van der Waals surface area contributed by atoms with Crippen molar-refractivity contribution < 1.29 is 4.74 Å². The van der Waals surface area contributed by atoms with Gasteiger partial charge in [0.2, 0.25) is 0 Å². The highest BCUT2D eigenvalue weighted by Crippen LogP contribution is 2.31. The third-order valence-electron chi connectivity index (χ3n) is 4.28. The minimum Gasteiger partial charge on any atom is -0.494 e. The zero-order chi connectivity index (χ0) is 18.8. The minimum atomic E-state index is -0.0230. The number of hydrogen-bond acceptors (Lipinski definition) is 4. The molecular formula is C21H17BrN2O2S. The van der Waals surface area contributed by atoms with Gasteiger partial charge in [0.25, 0.3) is 5.56 Å². The van der Waals surface area contributed by atoms with Crippen LogP contribution in [0.25, 0.3) is 21.3 Å². The summed E-state index contributed by atoms with van der Waals surface area (Å²) in [6, 6.07) is 15.8. The molecule has 0 amide bonds. The summed E-state index contributed by atoms with van der Waals surface area (Å²) in [5, 5.41) is 2.67. The van der Waals surface area contributed by atoms with Gasteiger partial charge in [-0.15, -0.1) is 11.3 Å². The Morgan fingerprint density at radius 1 is 1.19 bits per heavy atom. The molecule has 0 aliphatic carbocycles. The summed E-state index contributed by atoms with van der Waals surface area (Å²) in [6.45, 7) is 3.07. The summed E-state index contributed by atoms with van der Waals surface area (Å²) < 4.78 is 8.16. The van der Waals surface area contributed by atoms with Crippen molar-refractivity contribution >= 4 is 37.5 Å². The van der Waals surface area contributed by atoms with Crippen LogP contribution in [0.3, 0.4) is 0 Å². The Kier molecular flexibility index (Phi) is 5.09. The molecule has 0 aliphatic rings. The van der Waals surface area contributed by atoms with Crippen LogP contribution < -0.4 is 10.3 Å². The Labute approximate surface area is 169 Å². The predicted molar refractivity (Wildman–Crippen MR) is 114 cm³/mol. The largest absolute Gasteiger partial charge is 0.494 e. The Morgan fingerprint density at radius 3 is 2.74 bits per heavy atom. The molecule has 4 nitrogen and oxygen atoms in total. The van der Waals surface area contributed by atoms with Gasteiger partial charge in [0.15, 0.2) is 0 Å². The van der Waals surface area contributed by atoms with Crippen molar-refractivity contribution in [2.75, 3.05) is 6.61 Å². The van der Waals surface area contributed by atoms with Crippen molar-refractivity contribution in [3.05, 3.63) is 80.6 Å². The lowest BCUT2D eigenvalue weighted by molar-refractivity contribution is 0.340. The Morgan fingerprint density at radius 2 is 2.00 bits per heavy atom. The number of ether oxygens (including phenoxy) is 1. The molecule has 4 rings (SSSR count). The van der Waals surface area contributed by atoms with Gasteiger partial charge in [-0.3, -0.25) is 9.36 Å². The Bertz CT molecular complexity index is 1150. The van der Waals surface area contributed by atoms with E-state index in [0.717, 1.165) is 31.7 Å². The number of aromatic nitrogens is 2. The summed E-state index contributed by atoms with van der Waals surface area (Å²) in [6.07, 6.45) is 1.63. The summed E-state index contributed by atoms with van der Waals surface area (Å²) in [5.41, 5.74) is 2.93.